The van der Waals surface area contributed by atoms with Crippen LogP contribution in [0.15, 0.2) is 45.9 Å². The maximum Gasteiger partial charge on any atom is 0.371 e. The van der Waals surface area contributed by atoms with Crippen molar-refractivity contribution in [1.82, 2.24) is 4.72 Å². The van der Waals surface area contributed by atoms with E-state index in [2.05, 4.69) is 4.72 Å². The van der Waals surface area contributed by atoms with Crippen molar-refractivity contribution in [2.45, 2.75) is 25.0 Å². The number of rotatable bonds is 6. The van der Waals surface area contributed by atoms with Crippen LogP contribution < -0.4 is 4.72 Å². The number of hydrogen-bond acceptors (Lipinski definition) is 4. The Kier molecular flexibility index (Phi) is 4.44. The molecule has 0 aliphatic rings. The fraction of sp³-hybridized carbons (Fsp3) is 0.214. The summed E-state index contributed by atoms with van der Waals surface area (Å²) in [5.41, 5.74) is 1.92. The zero-order valence-corrected chi connectivity index (χ0v) is 12.2. The van der Waals surface area contributed by atoms with Gasteiger partial charge in [0.1, 0.15) is 0 Å². The van der Waals surface area contributed by atoms with Crippen LogP contribution in [-0.2, 0) is 23.0 Å². The molecular weight excluding hydrogens is 294 g/mol. The van der Waals surface area contributed by atoms with Crippen LogP contribution in [-0.4, -0.2) is 19.5 Å². The lowest BCUT2D eigenvalue weighted by atomic mass is 10.1. The van der Waals surface area contributed by atoms with Gasteiger partial charge < -0.3 is 9.52 Å². The van der Waals surface area contributed by atoms with Gasteiger partial charge in [0.05, 0.1) is 0 Å². The molecule has 112 valence electrons. The van der Waals surface area contributed by atoms with Gasteiger partial charge >= 0.3 is 5.97 Å². The highest BCUT2D eigenvalue weighted by Gasteiger charge is 2.20. The monoisotopic (exact) mass is 309 g/mol. The van der Waals surface area contributed by atoms with Gasteiger partial charge in [-0.15, -0.1) is 0 Å². The minimum atomic E-state index is -3.88. The molecule has 7 heteroatoms. The number of carboxylic acid groups (broad SMARTS) is 1. The van der Waals surface area contributed by atoms with Gasteiger partial charge in [-0.1, -0.05) is 31.2 Å². The van der Waals surface area contributed by atoms with Gasteiger partial charge in [-0.05, 0) is 29.7 Å². The third-order valence-electron chi connectivity index (χ3n) is 3.01. The van der Waals surface area contributed by atoms with E-state index in [4.69, 9.17) is 9.52 Å². The van der Waals surface area contributed by atoms with Crippen molar-refractivity contribution in [3.8, 4) is 0 Å². The third-order valence-corrected chi connectivity index (χ3v) is 4.28. The van der Waals surface area contributed by atoms with Crippen molar-refractivity contribution in [2.75, 3.05) is 0 Å². The summed E-state index contributed by atoms with van der Waals surface area (Å²) in [5.74, 6) is -1.72. The number of carbonyl (C=O) groups is 1. The van der Waals surface area contributed by atoms with Crippen LogP contribution in [0.5, 0.6) is 0 Å². The van der Waals surface area contributed by atoms with Crippen molar-refractivity contribution in [3.05, 3.63) is 53.3 Å². The third kappa shape index (κ3) is 3.50. The summed E-state index contributed by atoms with van der Waals surface area (Å²) in [6, 6.07) is 9.72. The number of benzene rings is 1. The molecule has 0 bridgehead atoms. The molecule has 0 aliphatic carbocycles. The van der Waals surface area contributed by atoms with Gasteiger partial charge in [0.15, 0.2) is 0 Å². The first-order valence-electron chi connectivity index (χ1n) is 6.33. The molecule has 21 heavy (non-hydrogen) atoms. The van der Waals surface area contributed by atoms with Crippen LogP contribution in [0.1, 0.15) is 28.6 Å². The maximum atomic E-state index is 12.0. The normalized spacial score (nSPS) is 11.5. The zero-order chi connectivity index (χ0) is 15.5. The van der Waals surface area contributed by atoms with Crippen LogP contribution in [0, 0.1) is 0 Å². The zero-order valence-electron chi connectivity index (χ0n) is 11.4. The molecule has 0 spiro atoms. The largest absolute Gasteiger partial charge is 0.475 e. The molecule has 1 heterocycles. The molecule has 0 amide bonds. The number of aryl methyl sites for hydroxylation is 1. The Balaban J connectivity index is 2.16. The quantitative estimate of drug-likeness (QED) is 0.851. The van der Waals surface area contributed by atoms with Crippen molar-refractivity contribution in [1.29, 1.82) is 0 Å². The molecular formula is C14H15NO5S. The highest BCUT2D eigenvalue weighted by Crippen LogP contribution is 2.15. The topological polar surface area (TPSA) is 96.6 Å². The van der Waals surface area contributed by atoms with Gasteiger partial charge in [0.25, 0.3) is 10.0 Å². The lowest BCUT2D eigenvalue weighted by Crippen LogP contribution is -2.23. The first kappa shape index (κ1) is 15.3. The first-order chi connectivity index (χ1) is 9.94. The van der Waals surface area contributed by atoms with E-state index in [9.17, 15) is 13.2 Å². The molecule has 0 atom stereocenters. The molecule has 0 fully saturated rings. The Morgan fingerprint density at radius 2 is 1.86 bits per heavy atom. The summed E-state index contributed by atoms with van der Waals surface area (Å²) in [4.78, 5) is 10.7. The molecule has 2 rings (SSSR count). The Labute approximate surface area is 122 Å². The maximum absolute atomic E-state index is 12.0. The van der Waals surface area contributed by atoms with Gasteiger partial charge in [0.2, 0.25) is 10.9 Å². The summed E-state index contributed by atoms with van der Waals surface area (Å²) in [5, 5.41) is 8.32. The van der Waals surface area contributed by atoms with Crippen LogP contribution in [0.2, 0.25) is 0 Å². The second-order valence-electron chi connectivity index (χ2n) is 4.37. The van der Waals surface area contributed by atoms with E-state index in [1.165, 1.54) is 0 Å². The van der Waals surface area contributed by atoms with E-state index in [-0.39, 0.29) is 6.54 Å². The Hall–Kier alpha value is -2.12. The first-order valence-corrected chi connectivity index (χ1v) is 7.82. The molecule has 1 aromatic carbocycles. The van der Waals surface area contributed by atoms with Crippen LogP contribution in [0.4, 0.5) is 0 Å². The van der Waals surface area contributed by atoms with Gasteiger partial charge in [0, 0.05) is 6.54 Å². The van der Waals surface area contributed by atoms with Crippen LogP contribution in [0.25, 0.3) is 0 Å². The fourth-order valence-corrected chi connectivity index (χ4v) is 2.83. The van der Waals surface area contributed by atoms with Gasteiger partial charge in [-0.3, -0.25) is 0 Å². The lowest BCUT2D eigenvalue weighted by molar-refractivity contribution is 0.0656. The Bertz CT molecular complexity index is 748. The number of hydrogen-bond donors (Lipinski definition) is 2. The summed E-state index contributed by atoms with van der Waals surface area (Å²) in [7, 11) is -3.88. The number of furan rings is 1. The standard InChI is InChI=1S/C14H15NO5S/c1-2-10-5-3-4-6-11(10)9-15-21(18,19)13-8-7-12(20-13)14(16)17/h3-8,15H,2,9H2,1H3,(H,16,17). The summed E-state index contributed by atoms with van der Waals surface area (Å²) in [6.45, 7) is 2.11. The number of sulfonamides is 1. The molecule has 0 radical (unpaired) electrons. The van der Waals surface area contributed by atoms with Crippen molar-refractivity contribution >= 4 is 16.0 Å². The van der Waals surface area contributed by atoms with E-state index in [0.717, 1.165) is 29.7 Å². The van der Waals surface area contributed by atoms with E-state index in [1.54, 1.807) is 0 Å². The van der Waals surface area contributed by atoms with Gasteiger partial charge in [-0.2, -0.15) is 0 Å². The molecule has 1 aromatic heterocycles. The van der Waals surface area contributed by atoms with E-state index in [1.807, 2.05) is 31.2 Å². The average molecular weight is 309 g/mol. The fourth-order valence-electron chi connectivity index (χ4n) is 1.90. The van der Waals surface area contributed by atoms with E-state index in [0.29, 0.717) is 0 Å². The molecule has 6 nitrogen and oxygen atoms in total. The average Bonchev–Trinajstić information content (AvgIpc) is 2.96. The highest BCUT2D eigenvalue weighted by molar-refractivity contribution is 7.89. The van der Waals surface area contributed by atoms with Crippen LogP contribution in [0.3, 0.4) is 0 Å². The predicted octanol–water partition coefficient (Wildman–Crippen LogP) is 2.02. The van der Waals surface area contributed by atoms with E-state index < -0.39 is 26.8 Å². The highest BCUT2D eigenvalue weighted by atomic mass is 32.2. The smallest absolute Gasteiger partial charge is 0.371 e. The molecule has 0 aliphatic heterocycles. The predicted molar refractivity (Wildman–Crippen MR) is 75.5 cm³/mol. The van der Waals surface area contributed by atoms with E-state index >= 15 is 0 Å². The second kappa shape index (κ2) is 6.11. The minimum Gasteiger partial charge on any atom is -0.475 e. The Morgan fingerprint density at radius 3 is 2.43 bits per heavy atom. The van der Waals surface area contributed by atoms with Gasteiger partial charge in [-0.25, -0.2) is 17.9 Å². The second-order valence-corrected chi connectivity index (χ2v) is 6.07. The molecule has 0 saturated carbocycles. The Morgan fingerprint density at radius 1 is 1.19 bits per heavy atom. The number of aromatic carboxylic acids is 1. The molecule has 0 unspecified atom stereocenters. The summed E-state index contributed by atoms with van der Waals surface area (Å²) >= 11 is 0. The lowest BCUT2D eigenvalue weighted by Gasteiger charge is -2.08. The summed E-state index contributed by atoms with van der Waals surface area (Å²) in [6.07, 6.45) is 0.793. The van der Waals surface area contributed by atoms with Crippen molar-refractivity contribution < 1.29 is 22.7 Å². The van der Waals surface area contributed by atoms with Crippen LogP contribution >= 0.6 is 0 Å². The molecule has 2 aromatic rings. The van der Waals surface area contributed by atoms with Crippen molar-refractivity contribution in [3.63, 3.8) is 0 Å². The number of carboxylic acids is 1. The summed E-state index contributed by atoms with van der Waals surface area (Å²) < 4.78 is 31.3. The molecule has 2 N–H and O–H groups in total. The minimum absolute atomic E-state index is 0.120. The number of nitrogens with one attached hydrogen (secondary N) is 1. The molecule has 0 saturated heterocycles. The van der Waals surface area contributed by atoms with Crippen molar-refractivity contribution in [2.24, 2.45) is 0 Å². The SMILES string of the molecule is CCc1ccccc1CNS(=O)(=O)c1ccc(C(=O)O)o1.